The number of piperazine rings is 1. The summed E-state index contributed by atoms with van der Waals surface area (Å²) >= 11 is 0. The van der Waals surface area contributed by atoms with Crippen LogP contribution < -0.4 is 0 Å². The Kier molecular flexibility index (Phi) is 5.98. The number of hydrogen-bond acceptors (Lipinski definition) is 5. The fraction of sp³-hybridized carbons (Fsp3) is 0.933. The van der Waals surface area contributed by atoms with E-state index in [0.717, 1.165) is 25.9 Å². The zero-order chi connectivity index (χ0) is 15.4. The number of aliphatic hydroxyl groups is 2. The molecule has 0 aromatic rings. The van der Waals surface area contributed by atoms with Crippen molar-refractivity contribution in [3.63, 3.8) is 0 Å². The van der Waals surface area contributed by atoms with Gasteiger partial charge in [-0.15, -0.1) is 0 Å². The van der Waals surface area contributed by atoms with Crippen molar-refractivity contribution in [3.8, 4) is 0 Å². The third-order valence-electron chi connectivity index (χ3n) is 4.80. The molecule has 2 aliphatic heterocycles. The number of nitrogens with zero attached hydrogens (tertiary/aromatic N) is 2. The first-order valence-electron chi connectivity index (χ1n) is 8.05. The fourth-order valence-corrected chi connectivity index (χ4v) is 3.25. The number of ether oxygens (including phenoxy) is 1. The summed E-state index contributed by atoms with van der Waals surface area (Å²) in [4.78, 5) is 16.4. The molecule has 122 valence electrons. The molecule has 2 aliphatic rings. The number of aliphatic hydroxyl groups excluding tert-OH is 2. The first kappa shape index (κ1) is 16.7. The average molecular weight is 300 g/mol. The Labute approximate surface area is 126 Å². The molecule has 0 saturated carbocycles. The van der Waals surface area contributed by atoms with E-state index in [4.69, 9.17) is 4.74 Å². The summed E-state index contributed by atoms with van der Waals surface area (Å²) in [5.74, 6) is 0.377. The van der Waals surface area contributed by atoms with E-state index in [9.17, 15) is 15.0 Å². The Morgan fingerprint density at radius 2 is 1.76 bits per heavy atom. The first-order valence-corrected chi connectivity index (χ1v) is 8.05. The quantitative estimate of drug-likeness (QED) is 0.745. The Balaban J connectivity index is 1.87. The number of hydrogen-bond donors (Lipinski definition) is 2. The van der Waals surface area contributed by atoms with E-state index in [2.05, 4.69) is 18.7 Å². The van der Waals surface area contributed by atoms with Crippen LogP contribution in [-0.4, -0.2) is 83.6 Å². The predicted octanol–water partition coefficient (Wildman–Crippen LogP) is -0.313. The maximum absolute atomic E-state index is 12.4. The summed E-state index contributed by atoms with van der Waals surface area (Å²) in [6.07, 6.45) is 0.196. The highest BCUT2D eigenvalue weighted by Gasteiger charge is 2.37. The van der Waals surface area contributed by atoms with Crippen molar-refractivity contribution in [2.45, 2.75) is 44.9 Å². The van der Waals surface area contributed by atoms with Crippen LogP contribution in [-0.2, 0) is 9.53 Å². The monoisotopic (exact) mass is 300 g/mol. The lowest BCUT2D eigenvalue weighted by Crippen LogP contribution is -2.61. The molecule has 3 atom stereocenters. The van der Waals surface area contributed by atoms with Crippen LogP contribution in [0.25, 0.3) is 0 Å². The van der Waals surface area contributed by atoms with Crippen molar-refractivity contribution >= 4 is 5.91 Å². The zero-order valence-electron chi connectivity index (χ0n) is 13.1. The average Bonchev–Trinajstić information content (AvgIpc) is 2.51. The molecule has 0 aliphatic carbocycles. The fourth-order valence-electron chi connectivity index (χ4n) is 3.25. The van der Waals surface area contributed by atoms with Crippen molar-refractivity contribution in [3.05, 3.63) is 0 Å². The van der Waals surface area contributed by atoms with Gasteiger partial charge in [-0.05, 0) is 12.8 Å². The van der Waals surface area contributed by atoms with Gasteiger partial charge in [0.1, 0.15) is 6.10 Å². The van der Waals surface area contributed by atoms with Gasteiger partial charge in [0, 0.05) is 32.1 Å². The molecule has 6 nitrogen and oxygen atoms in total. The second-order valence-corrected chi connectivity index (χ2v) is 6.04. The van der Waals surface area contributed by atoms with Gasteiger partial charge in [-0.2, -0.15) is 0 Å². The lowest BCUT2D eigenvalue weighted by atomic mass is 10.00. The van der Waals surface area contributed by atoms with Gasteiger partial charge >= 0.3 is 0 Å². The second kappa shape index (κ2) is 7.54. The van der Waals surface area contributed by atoms with Crippen LogP contribution in [0.1, 0.15) is 26.7 Å². The van der Waals surface area contributed by atoms with Gasteiger partial charge in [-0.25, -0.2) is 0 Å². The molecule has 2 fully saturated rings. The van der Waals surface area contributed by atoms with Gasteiger partial charge in [-0.1, -0.05) is 13.8 Å². The third-order valence-corrected chi connectivity index (χ3v) is 4.80. The van der Waals surface area contributed by atoms with Crippen LogP contribution in [0.15, 0.2) is 0 Å². The van der Waals surface area contributed by atoms with Gasteiger partial charge in [-0.3, -0.25) is 9.69 Å². The summed E-state index contributed by atoms with van der Waals surface area (Å²) in [6, 6.07) is -0.167. The largest absolute Gasteiger partial charge is 0.389 e. The number of rotatable bonds is 4. The van der Waals surface area contributed by atoms with Gasteiger partial charge in [0.15, 0.2) is 0 Å². The first-order chi connectivity index (χ1) is 10.1. The van der Waals surface area contributed by atoms with Crippen LogP contribution in [0, 0.1) is 5.92 Å². The molecule has 0 aromatic heterocycles. The van der Waals surface area contributed by atoms with E-state index >= 15 is 0 Å². The Hall–Kier alpha value is -0.690. The summed E-state index contributed by atoms with van der Waals surface area (Å²) in [7, 11) is 0. The van der Waals surface area contributed by atoms with E-state index in [1.54, 1.807) is 0 Å². The van der Waals surface area contributed by atoms with Gasteiger partial charge in [0.25, 0.3) is 0 Å². The summed E-state index contributed by atoms with van der Waals surface area (Å²) in [6.45, 7) is 7.58. The normalized spacial score (nSPS) is 31.7. The summed E-state index contributed by atoms with van der Waals surface area (Å²) in [5.41, 5.74) is 0. The highest BCUT2D eigenvalue weighted by Crippen LogP contribution is 2.19. The minimum absolute atomic E-state index is 0.127. The van der Waals surface area contributed by atoms with Crippen molar-refractivity contribution in [1.82, 2.24) is 9.80 Å². The maximum atomic E-state index is 12.4. The topological polar surface area (TPSA) is 73.2 Å². The predicted molar refractivity (Wildman–Crippen MR) is 78.8 cm³/mol. The Morgan fingerprint density at radius 1 is 1.14 bits per heavy atom. The highest BCUT2D eigenvalue weighted by molar-refractivity contribution is 5.78. The molecule has 1 amide bonds. The van der Waals surface area contributed by atoms with Crippen LogP contribution in [0.3, 0.4) is 0 Å². The third kappa shape index (κ3) is 3.74. The van der Waals surface area contributed by atoms with E-state index < -0.39 is 12.2 Å². The van der Waals surface area contributed by atoms with Crippen molar-refractivity contribution < 1.29 is 19.7 Å². The van der Waals surface area contributed by atoms with Crippen molar-refractivity contribution in [1.29, 1.82) is 0 Å². The standard InChI is InChI=1S/C15H28N2O4/c1-3-11(4-2)15(20)17-7-5-16(6-8-17)12-9-21-10-13(18)14(12)19/h11-14,18-19H,3-10H2,1-2H3/t12-,13-,14+/m1/s1. The molecule has 2 rings (SSSR count). The van der Waals surface area contributed by atoms with E-state index in [1.165, 1.54) is 0 Å². The smallest absolute Gasteiger partial charge is 0.225 e. The van der Waals surface area contributed by atoms with E-state index in [0.29, 0.717) is 19.7 Å². The van der Waals surface area contributed by atoms with Gasteiger partial charge < -0.3 is 19.8 Å². The number of amides is 1. The number of carbonyl (C=O) groups is 1. The SMILES string of the molecule is CCC(CC)C(=O)N1CCN([C@@H]2COC[C@@H](O)[C@H]2O)CC1. The van der Waals surface area contributed by atoms with Crippen LogP contribution in [0.5, 0.6) is 0 Å². The molecule has 2 saturated heterocycles. The van der Waals surface area contributed by atoms with Crippen molar-refractivity contribution in [2.24, 2.45) is 5.92 Å². The number of carbonyl (C=O) groups excluding carboxylic acids is 1. The molecular weight excluding hydrogens is 272 g/mol. The molecule has 0 bridgehead atoms. The van der Waals surface area contributed by atoms with Gasteiger partial charge in [0.05, 0.1) is 25.4 Å². The molecule has 21 heavy (non-hydrogen) atoms. The lowest BCUT2D eigenvalue weighted by Gasteiger charge is -2.44. The molecule has 2 heterocycles. The van der Waals surface area contributed by atoms with E-state index in [-0.39, 0.29) is 24.5 Å². The molecule has 6 heteroatoms. The molecule has 0 spiro atoms. The minimum atomic E-state index is -0.812. The molecule has 0 aromatic carbocycles. The molecule has 0 radical (unpaired) electrons. The Morgan fingerprint density at radius 3 is 2.33 bits per heavy atom. The highest BCUT2D eigenvalue weighted by atomic mass is 16.5. The van der Waals surface area contributed by atoms with Gasteiger partial charge in [0.2, 0.25) is 5.91 Å². The second-order valence-electron chi connectivity index (χ2n) is 6.04. The zero-order valence-corrected chi connectivity index (χ0v) is 13.1. The minimum Gasteiger partial charge on any atom is -0.389 e. The van der Waals surface area contributed by atoms with Crippen molar-refractivity contribution in [2.75, 3.05) is 39.4 Å². The summed E-state index contributed by atoms with van der Waals surface area (Å²) < 4.78 is 5.33. The van der Waals surface area contributed by atoms with Crippen LogP contribution in [0.2, 0.25) is 0 Å². The molecular formula is C15H28N2O4. The maximum Gasteiger partial charge on any atom is 0.225 e. The Bertz CT molecular complexity index is 341. The van der Waals surface area contributed by atoms with Crippen LogP contribution in [0.4, 0.5) is 0 Å². The van der Waals surface area contributed by atoms with Crippen LogP contribution >= 0.6 is 0 Å². The molecule has 0 unspecified atom stereocenters. The molecule has 2 N–H and O–H groups in total. The summed E-state index contributed by atoms with van der Waals surface area (Å²) in [5, 5.41) is 19.8. The lowest BCUT2D eigenvalue weighted by molar-refractivity contribution is -0.147. The van der Waals surface area contributed by atoms with E-state index in [1.807, 2.05) is 4.90 Å².